The summed E-state index contributed by atoms with van der Waals surface area (Å²) in [4.78, 5) is 8.88. The van der Waals surface area contributed by atoms with Gasteiger partial charge in [-0.2, -0.15) is 0 Å². The number of aromatic nitrogens is 2. The minimum Gasteiger partial charge on any atom is -0.354 e. The van der Waals surface area contributed by atoms with E-state index >= 15 is 0 Å². The largest absolute Gasteiger partial charge is 0.354 e. The van der Waals surface area contributed by atoms with Gasteiger partial charge in [-0.3, -0.25) is 0 Å². The van der Waals surface area contributed by atoms with Gasteiger partial charge in [0.05, 0.1) is 0 Å². The van der Waals surface area contributed by atoms with Gasteiger partial charge in [-0.15, -0.1) is 0 Å². The standard InChI is InChI=1S/C14H23N3/c1-4-14(7-5-6-8-14)10-15-13-16-11(2)9-12(3)17-13/h9H,4-8,10H2,1-3H3,(H,15,16,17). The lowest BCUT2D eigenvalue weighted by Crippen LogP contribution is -2.26. The van der Waals surface area contributed by atoms with E-state index in [4.69, 9.17) is 0 Å². The Kier molecular flexibility index (Phi) is 3.65. The molecule has 3 nitrogen and oxygen atoms in total. The summed E-state index contributed by atoms with van der Waals surface area (Å²) < 4.78 is 0. The molecule has 0 aromatic carbocycles. The molecule has 0 atom stereocenters. The molecule has 0 amide bonds. The minimum absolute atomic E-state index is 0.487. The molecule has 0 saturated heterocycles. The number of hydrogen-bond donors (Lipinski definition) is 1. The van der Waals surface area contributed by atoms with Gasteiger partial charge in [0.25, 0.3) is 0 Å². The first-order valence-electron chi connectivity index (χ1n) is 6.70. The average molecular weight is 233 g/mol. The lowest BCUT2D eigenvalue weighted by atomic mass is 9.83. The van der Waals surface area contributed by atoms with Crippen LogP contribution in [0.25, 0.3) is 0 Å². The SMILES string of the molecule is CCC1(CNc2nc(C)cc(C)n2)CCCC1. The Bertz CT molecular complexity index is 361. The van der Waals surface area contributed by atoms with Crippen LogP contribution in [0, 0.1) is 19.3 Å². The fraction of sp³-hybridized carbons (Fsp3) is 0.714. The second kappa shape index (κ2) is 5.03. The molecule has 17 heavy (non-hydrogen) atoms. The highest BCUT2D eigenvalue weighted by atomic mass is 15.1. The number of rotatable bonds is 4. The van der Waals surface area contributed by atoms with E-state index in [0.29, 0.717) is 5.41 Å². The molecule has 94 valence electrons. The van der Waals surface area contributed by atoms with Crippen LogP contribution >= 0.6 is 0 Å². The molecule has 0 spiro atoms. The molecule has 1 aromatic rings. The van der Waals surface area contributed by atoms with Gasteiger partial charge in [0.2, 0.25) is 5.95 Å². The van der Waals surface area contributed by atoms with Crippen molar-refractivity contribution < 1.29 is 0 Å². The number of hydrogen-bond acceptors (Lipinski definition) is 3. The van der Waals surface area contributed by atoms with Crippen LogP contribution in [0.1, 0.15) is 50.4 Å². The quantitative estimate of drug-likeness (QED) is 0.865. The van der Waals surface area contributed by atoms with Crippen molar-refractivity contribution >= 4 is 5.95 Å². The molecule has 2 rings (SSSR count). The summed E-state index contributed by atoms with van der Waals surface area (Å²) >= 11 is 0. The molecule has 1 aliphatic rings. The van der Waals surface area contributed by atoms with Gasteiger partial charge >= 0.3 is 0 Å². The Hall–Kier alpha value is -1.12. The van der Waals surface area contributed by atoms with E-state index in [-0.39, 0.29) is 0 Å². The maximum Gasteiger partial charge on any atom is 0.223 e. The summed E-state index contributed by atoms with van der Waals surface area (Å²) in [6.45, 7) is 7.36. The normalized spacial score (nSPS) is 18.3. The molecular formula is C14H23N3. The van der Waals surface area contributed by atoms with E-state index in [1.165, 1.54) is 32.1 Å². The van der Waals surface area contributed by atoms with Crippen LogP contribution in [-0.4, -0.2) is 16.5 Å². The predicted molar refractivity (Wildman–Crippen MR) is 71.2 cm³/mol. The first kappa shape index (κ1) is 12.3. The first-order chi connectivity index (χ1) is 8.13. The van der Waals surface area contributed by atoms with Crippen molar-refractivity contribution in [1.29, 1.82) is 0 Å². The summed E-state index contributed by atoms with van der Waals surface area (Å²) in [6, 6.07) is 2.01. The Morgan fingerprint density at radius 2 is 1.76 bits per heavy atom. The van der Waals surface area contributed by atoms with E-state index in [0.717, 1.165) is 23.9 Å². The van der Waals surface area contributed by atoms with Gasteiger partial charge in [-0.05, 0) is 44.6 Å². The molecule has 1 fully saturated rings. The van der Waals surface area contributed by atoms with Gasteiger partial charge in [-0.1, -0.05) is 19.8 Å². The van der Waals surface area contributed by atoms with Crippen LogP contribution in [0.3, 0.4) is 0 Å². The van der Waals surface area contributed by atoms with Crippen LogP contribution < -0.4 is 5.32 Å². The zero-order valence-corrected chi connectivity index (χ0v) is 11.2. The van der Waals surface area contributed by atoms with Gasteiger partial charge in [-0.25, -0.2) is 9.97 Å². The van der Waals surface area contributed by atoms with Crippen molar-refractivity contribution in [3.8, 4) is 0 Å². The van der Waals surface area contributed by atoms with Crippen LogP contribution in [0.5, 0.6) is 0 Å². The zero-order valence-electron chi connectivity index (χ0n) is 11.2. The summed E-state index contributed by atoms with van der Waals surface area (Å²) in [5.41, 5.74) is 2.56. The maximum atomic E-state index is 4.44. The minimum atomic E-state index is 0.487. The van der Waals surface area contributed by atoms with Crippen molar-refractivity contribution in [3.05, 3.63) is 17.5 Å². The second-order valence-corrected chi connectivity index (χ2v) is 5.39. The van der Waals surface area contributed by atoms with E-state index in [1.54, 1.807) is 0 Å². The zero-order chi connectivity index (χ0) is 12.3. The van der Waals surface area contributed by atoms with Gasteiger partial charge in [0, 0.05) is 17.9 Å². The van der Waals surface area contributed by atoms with Crippen molar-refractivity contribution in [3.63, 3.8) is 0 Å². The Morgan fingerprint density at radius 3 is 2.29 bits per heavy atom. The highest BCUT2D eigenvalue weighted by Gasteiger charge is 2.31. The third-order valence-electron chi connectivity index (χ3n) is 4.02. The van der Waals surface area contributed by atoms with Crippen LogP contribution in [0.2, 0.25) is 0 Å². The molecule has 1 aliphatic carbocycles. The third kappa shape index (κ3) is 2.96. The molecule has 0 aliphatic heterocycles. The molecule has 1 N–H and O–H groups in total. The average Bonchev–Trinajstić information content (AvgIpc) is 2.74. The summed E-state index contributed by atoms with van der Waals surface area (Å²) in [6.07, 6.45) is 6.71. The highest BCUT2D eigenvalue weighted by Crippen LogP contribution is 2.40. The molecule has 1 aromatic heterocycles. The van der Waals surface area contributed by atoms with Crippen LogP contribution in [0.4, 0.5) is 5.95 Å². The number of anilines is 1. The van der Waals surface area contributed by atoms with E-state index in [9.17, 15) is 0 Å². The van der Waals surface area contributed by atoms with Crippen molar-refractivity contribution in [2.45, 2.75) is 52.9 Å². The van der Waals surface area contributed by atoms with Crippen LogP contribution in [-0.2, 0) is 0 Å². The predicted octanol–water partition coefficient (Wildman–Crippen LogP) is 3.48. The number of nitrogens with zero attached hydrogens (tertiary/aromatic N) is 2. The molecule has 1 heterocycles. The topological polar surface area (TPSA) is 37.8 Å². The lowest BCUT2D eigenvalue weighted by Gasteiger charge is -2.27. The van der Waals surface area contributed by atoms with Crippen molar-refractivity contribution in [1.82, 2.24) is 9.97 Å². The number of nitrogens with one attached hydrogen (secondary N) is 1. The van der Waals surface area contributed by atoms with Crippen molar-refractivity contribution in [2.24, 2.45) is 5.41 Å². The highest BCUT2D eigenvalue weighted by molar-refractivity contribution is 5.28. The molecule has 1 saturated carbocycles. The first-order valence-corrected chi connectivity index (χ1v) is 6.70. The van der Waals surface area contributed by atoms with E-state index in [1.807, 2.05) is 19.9 Å². The Labute approximate surface area is 104 Å². The second-order valence-electron chi connectivity index (χ2n) is 5.39. The molecule has 0 radical (unpaired) electrons. The number of aryl methyl sites for hydroxylation is 2. The Morgan fingerprint density at radius 1 is 1.18 bits per heavy atom. The molecular weight excluding hydrogens is 210 g/mol. The summed E-state index contributed by atoms with van der Waals surface area (Å²) in [5.74, 6) is 0.794. The van der Waals surface area contributed by atoms with Crippen LogP contribution in [0.15, 0.2) is 6.07 Å². The van der Waals surface area contributed by atoms with Gasteiger partial charge in [0.15, 0.2) is 0 Å². The van der Waals surface area contributed by atoms with Gasteiger partial charge < -0.3 is 5.32 Å². The third-order valence-corrected chi connectivity index (χ3v) is 4.02. The molecule has 0 bridgehead atoms. The fourth-order valence-electron chi connectivity index (χ4n) is 2.85. The van der Waals surface area contributed by atoms with E-state index < -0.39 is 0 Å². The van der Waals surface area contributed by atoms with E-state index in [2.05, 4.69) is 22.2 Å². The maximum absolute atomic E-state index is 4.44. The smallest absolute Gasteiger partial charge is 0.223 e. The summed E-state index contributed by atoms with van der Waals surface area (Å²) in [7, 11) is 0. The fourth-order valence-corrected chi connectivity index (χ4v) is 2.85. The monoisotopic (exact) mass is 233 g/mol. The summed E-state index contributed by atoms with van der Waals surface area (Å²) in [5, 5.41) is 3.44. The molecule has 0 unspecified atom stereocenters. The Balaban J connectivity index is 2.01. The van der Waals surface area contributed by atoms with Gasteiger partial charge in [0.1, 0.15) is 0 Å². The van der Waals surface area contributed by atoms with Crippen molar-refractivity contribution in [2.75, 3.05) is 11.9 Å². The lowest BCUT2D eigenvalue weighted by molar-refractivity contribution is 0.306. The molecule has 3 heteroatoms.